The van der Waals surface area contributed by atoms with E-state index in [0.29, 0.717) is 17.9 Å². The Balaban J connectivity index is 1.59. The van der Waals surface area contributed by atoms with Gasteiger partial charge in [0.05, 0.1) is 12.3 Å². The summed E-state index contributed by atoms with van der Waals surface area (Å²) >= 11 is 0. The van der Waals surface area contributed by atoms with Crippen molar-refractivity contribution in [1.29, 1.82) is 0 Å². The fourth-order valence-corrected chi connectivity index (χ4v) is 6.99. The van der Waals surface area contributed by atoms with Crippen molar-refractivity contribution in [2.75, 3.05) is 6.54 Å². The van der Waals surface area contributed by atoms with Crippen LogP contribution in [0.4, 0.5) is 4.79 Å². The van der Waals surface area contributed by atoms with Crippen LogP contribution < -0.4 is 5.32 Å². The van der Waals surface area contributed by atoms with E-state index in [1.165, 1.54) is 24.1 Å². The fraction of sp³-hybridized carbons (Fsp3) is 0.704. The molecular formula is C27H41N3O. The second-order valence-electron chi connectivity index (χ2n) is 11.0. The molecule has 0 radical (unpaired) electrons. The molecule has 170 valence electrons. The summed E-state index contributed by atoms with van der Waals surface area (Å²) in [5.74, 6) is 0.893. The number of benzene rings is 1. The number of hydrazone groups is 1. The maximum absolute atomic E-state index is 13.5. The van der Waals surface area contributed by atoms with Crippen LogP contribution in [-0.2, 0) is 0 Å². The lowest BCUT2D eigenvalue weighted by Crippen LogP contribution is -2.50. The van der Waals surface area contributed by atoms with Crippen LogP contribution in [0.2, 0.25) is 0 Å². The van der Waals surface area contributed by atoms with Gasteiger partial charge in [-0.05, 0) is 60.8 Å². The lowest BCUT2D eigenvalue weighted by atomic mass is 9.69. The maximum atomic E-state index is 13.5. The molecule has 4 rings (SSSR count). The van der Waals surface area contributed by atoms with Gasteiger partial charge in [0.25, 0.3) is 0 Å². The molecule has 1 aliphatic heterocycles. The molecule has 1 heterocycles. The zero-order chi connectivity index (χ0) is 22.4. The average molecular weight is 424 g/mol. The fourth-order valence-electron chi connectivity index (χ4n) is 6.99. The molecule has 0 spiro atoms. The number of fused-ring (bicyclic) bond motifs is 2. The van der Waals surface area contributed by atoms with Gasteiger partial charge in [0.1, 0.15) is 0 Å². The van der Waals surface area contributed by atoms with Crippen LogP contribution in [0.5, 0.6) is 0 Å². The van der Waals surface area contributed by atoms with E-state index in [2.05, 4.69) is 77.2 Å². The largest absolute Gasteiger partial charge is 0.338 e. The Kier molecular flexibility index (Phi) is 5.72. The molecule has 2 amide bonds. The molecule has 4 atom stereocenters. The van der Waals surface area contributed by atoms with Gasteiger partial charge in [-0.2, -0.15) is 5.10 Å². The molecular weight excluding hydrogens is 382 g/mol. The predicted octanol–water partition coefficient (Wildman–Crippen LogP) is 6.58. The third-order valence-electron chi connectivity index (χ3n) is 10.0. The third kappa shape index (κ3) is 3.32. The number of nitrogens with zero attached hydrogens (tertiary/aromatic N) is 2. The van der Waals surface area contributed by atoms with Gasteiger partial charge in [-0.25, -0.2) is 9.80 Å². The predicted molar refractivity (Wildman–Crippen MR) is 128 cm³/mol. The Hall–Kier alpha value is -1.84. The second-order valence-corrected chi connectivity index (χ2v) is 11.0. The summed E-state index contributed by atoms with van der Waals surface area (Å²) in [5.41, 5.74) is 2.98. The number of carbonyl (C=O) groups excluding carboxylic acids is 1. The summed E-state index contributed by atoms with van der Waals surface area (Å²) in [7, 11) is 0. The number of hydrogen-bond donors (Lipinski definition) is 1. The number of carbonyl (C=O) groups is 1. The van der Waals surface area contributed by atoms with Crippen molar-refractivity contribution in [3.8, 4) is 0 Å². The summed E-state index contributed by atoms with van der Waals surface area (Å²) in [6.45, 7) is 14.6. The van der Waals surface area contributed by atoms with Gasteiger partial charge in [0.15, 0.2) is 0 Å². The molecule has 0 saturated heterocycles. The molecule has 1 aromatic rings. The second kappa shape index (κ2) is 7.94. The molecule has 2 fully saturated rings. The quantitative estimate of drug-likeness (QED) is 0.551. The van der Waals surface area contributed by atoms with Crippen molar-refractivity contribution in [3.05, 3.63) is 35.9 Å². The zero-order valence-electron chi connectivity index (χ0n) is 20.4. The number of nitrogens with one attached hydrogen (secondary N) is 1. The van der Waals surface area contributed by atoms with Gasteiger partial charge in [-0.1, -0.05) is 71.9 Å². The maximum Gasteiger partial charge on any atom is 0.338 e. The van der Waals surface area contributed by atoms with Crippen LogP contribution in [0.3, 0.4) is 0 Å². The van der Waals surface area contributed by atoms with E-state index in [1.54, 1.807) is 5.01 Å². The summed E-state index contributed by atoms with van der Waals surface area (Å²) in [5, 5.41) is 10.2. The van der Waals surface area contributed by atoms with Crippen molar-refractivity contribution in [1.82, 2.24) is 10.3 Å². The lowest BCUT2D eigenvalue weighted by Gasteiger charge is -2.39. The van der Waals surface area contributed by atoms with Crippen molar-refractivity contribution in [2.45, 2.75) is 92.0 Å². The molecule has 2 bridgehead atoms. The first-order chi connectivity index (χ1) is 14.7. The van der Waals surface area contributed by atoms with Crippen molar-refractivity contribution >= 4 is 11.7 Å². The van der Waals surface area contributed by atoms with E-state index in [1.807, 2.05) is 0 Å². The van der Waals surface area contributed by atoms with E-state index >= 15 is 0 Å². The van der Waals surface area contributed by atoms with Crippen LogP contribution in [0.1, 0.15) is 91.5 Å². The first kappa shape index (κ1) is 22.4. The van der Waals surface area contributed by atoms with Gasteiger partial charge in [0, 0.05) is 17.4 Å². The minimum absolute atomic E-state index is 0.0114. The van der Waals surface area contributed by atoms with E-state index in [4.69, 9.17) is 5.10 Å². The van der Waals surface area contributed by atoms with Gasteiger partial charge < -0.3 is 5.32 Å². The first-order valence-electron chi connectivity index (χ1n) is 12.4. The molecule has 1 aromatic carbocycles. The van der Waals surface area contributed by atoms with Crippen LogP contribution in [0, 0.1) is 22.2 Å². The van der Waals surface area contributed by atoms with Crippen molar-refractivity contribution < 1.29 is 4.79 Å². The highest BCUT2D eigenvalue weighted by Gasteiger charge is 2.61. The molecule has 2 aliphatic carbocycles. The van der Waals surface area contributed by atoms with Gasteiger partial charge >= 0.3 is 6.03 Å². The standard InChI is InChI=1S/C27H41N3O/c1-7-27(8-2,9-3)23-21(19-13-11-10-12-14-19)18-30(29-23)24(31)28-22-17-20-15-16-26(22,6)25(20,4)5/h10-14,20-22H,7-9,15-18H2,1-6H3,(H,28,31)/t20-,21?,22+,26+/m1/s1. The van der Waals surface area contributed by atoms with Gasteiger partial charge in [-0.3, -0.25) is 0 Å². The Labute approximate surface area is 188 Å². The molecule has 1 N–H and O–H groups in total. The molecule has 4 nitrogen and oxygen atoms in total. The normalized spacial score (nSPS) is 31.7. The van der Waals surface area contributed by atoms with E-state index in [0.717, 1.165) is 25.7 Å². The van der Waals surface area contributed by atoms with Crippen molar-refractivity contribution in [2.24, 2.45) is 27.3 Å². The summed E-state index contributed by atoms with van der Waals surface area (Å²) in [6.07, 6.45) is 6.76. The van der Waals surface area contributed by atoms with Crippen LogP contribution in [0.15, 0.2) is 35.4 Å². The SMILES string of the molecule is CCC(CC)(CC)C1=NN(C(=O)N[C@H]2C[C@H]3CC[C@]2(C)C3(C)C)CC1c1ccccc1. The number of rotatable bonds is 6. The summed E-state index contributed by atoms with van der Waals surface area (Å²) < 4.78 is 0. The van der Waals surface area contributed by atoms with Gasteiger partial charge in [-0.15, -0.1) is 0 Å². The minimum atomic E-state index is -0.0114. The number of amides is 2. The first-order valence-corrected chi connectivity index (χ1v) is 12.4. The number of urea groups is 1. The van der Waals surface area contributed by atoms with Gasteiger partial charge in [0.2, 0.25) is 0 Å². The van der Waals surface area contributed by atoms with E-state index in [-0.39, 0.29) is 28.8 Å². The molecule has 4 heteroatoms. The van der Waals surface area contributed by atoms with Crippen LogP contribution in [-0.4, -0.2) is 29.3 Å². The highest BCUT2D eigenvalue weighted by atomic mass is 16.2. The van der Waals surface area contributed by atoms with Crippen molar-refractivity contribution in [3.63, 3.8) is 0 Å². The highest BCUT2D eigenvalue weighted by molar-refractivity contribution is 5.99. The van der Waals surface area contributed by atoms with Crippen LogP contribution >= 0.6 is 0 Å². The monoisotopic (exact) mass is 423 g/mol. The molecule has 0 aromatic heterocycles. The third-order valence-corrected chi connectivity index (χ3v) is 10.0. The Bertz CT molecular complexity index is 833. The number of hydrogen-bond acceptors (Lipinski definition) is 2. The summed E-state index contributed by atoms with van der Waals surface area (Å²) in [6, 6.07) is 10.9. The Morgan fingerprint density at radius 1 is 1.13 bits per heavy atom. The minimum Gasteiger partial charge on any atom is -0.333 e. The van der Waals surface area contributed by atoms with E-state index < -0.39 is 0 Å². The average Bonchev–Trinajstić information content (AvgIpc) is 3.37. The molecule has 1 unspecified atom stereocenters. The smallest absolute Gasteiger partial charge is 0.333 e. The molecule has 3 aliphatic rings. The molecule has 31 heavy (non-hydrogen) atoms. The topological polar surface area (TPSA) is 44.7 Å². The Morgan fingerprint density at radius 2 is 1.77 bits per heavy atom. The lowest BCUT2D eigenvalue weighted by molar-refractivity contribution is 0.118. The van der Waals surface area contributed by atoms with Crippen LogP contribution in [0.25, 0.3) is 0 Å². The van der Waals surface area contributed by atoms with E-state index in [9.17, 15) is 4.79 Å². The summed E-state index contributed by atoms with van der Waals surface area (Å²) in [4.78, 5) is 13.5. The Morgan fingerprint density at radius 3 is 2.29 bits per heavy atom. The zero-order valence-corrected chi connectivity index (χ0v) is 20.4. The molecule has 2 saturated carbocycles. The highest BCUT2D eigenvalue weighted by Crippen LogP contribution is 2.65.